The van der Waals surface area contributed by atoms with Gasteiger partial charge in [0.25, 0.3) is 0 Å². The van der Waals surface area contributed by atoms with E-state index < -0.39 is 17.6 Å². The van der Waals surface area contributed by atoms with Crippen LogP contribution in [0.1, 0.15) is 24.5 Å². The summed E-state index contributed by atoms with van der Waals surface area (Å²) >= 11 is 0. The van der Waals surface area contributed by atoms with E-state index in [1.807, 2.05) is 12.1 Å². The third-order valence-electron chi connectivity index (χ3n) is 6.46. The average Bonchev–Trinajstić information content (AvgIpc) is 3.20. The van der Waals surface area contributed by atoms with Crippen LogP contribution in [0.15, 0.2) is 42.5 Å². The fraction of sp³-hybridized carbons (Fsp3) is 0.440. The van der Waals surface area contributed by atoms with E-state index in [0.717, 1.165) is 63.0 Å². The molecule has 4 rings (SSSR count). The van der Waals surface area contributed by atoms with Crippen LogP contribution in [-0.2, 0) is 22.7 Å². The molecule has 2 saturated heterocycles. The van der Waals surface area contributed by atoms with Gasteiger partial charge in [-0.3, -0.25) is 14.5 Å². The van der Waals surface area contributed by atoms with Gasteiger partial charge in [0.05, 0.1) is 5.92 Å². The average molecular weight is 457 g/mol. The number of halogens is 2. The summed E-state index contributed by atoms with van der Waals surface area (Å²) in [5, 5.41) is 2.89. The van der Waals surface area contributed by atoms with Crippen molar-refractivity contribution in [3.63, 3.8) is 0 Å². The van der Waals surface area contributed by atoms with Crippen molar-refractivity contribution in [3.8, 4) is 0 Å². The van der Waals surface area contributed by atoms with Gasteiger partial charge in [0.2, 0.25) is 11.8 Å². The molecule has 2 aromatic carbocycles. The zero-order chi connectivity index (χ0) is 23.4. The number of benzene rings is 2. The fourth-order valence-electron chi connectivity index (χ4n) is 4.45. The Morgan fingerprint density at radius 1 is 0.970 bits per heavy atom. The molecule has 2 aliphatic heterocycles. The molecule has 8 heteroatoms. The number of hydrogen-bond acceptors (Lipinski definition) is 4. The van der Waals surface area contributed by atoms with E-state index >= 15 is 0 Å². The van der Waals surface area contributed by atoms with Crippen LogP contribution in [0.3, 0.4) is 0 Å². The minimum absolute atomic E-state index is 0.0220. The number of carbonyl (C=O) groups excluding carboxylic acids is 2. The number of nitrogens with one attached hydrogen (secondary N) is 1. The Hall–Kier alpha value is -2.84. The molecular formula is C25H30F2N4O2. The highest BCUT2D eigenvalue weighted by atomic mass is 19.1. The second-order valence-electron chi connectivity index (χ2n) is 8.78. The highest BCUT2D eigenvalue weighted by Crippen LogP contribution is 2.26. The van der Waals surface area contributed by atoms with Crippen LogP contribution in [0.25, 0.3) is 0 Å². The molecule has 2 aromatic rings. The van der Waals surface area contributed by atoms with Crippen molar-refractivity contribution >= 4 is 17.5 Å². The lowest BCUT2D eigenvalue weighted by molar-refractivity contribution is -0.126. The number of hydrogen-bond donors (Lipinski definition) is 1. The van der Waals surface area contributed by atoms with Crippen LogP contribution in [0.2, 0.25) is 0 Å². The summed E-state index contributed by atoms with van der Waals surface area (Å²) in [6, 6.07) is 11.2. The molecule has 1 unspecified atom stereocenters. The van der Waals surface area contributed by atoms with Crippen molar-refractivity contribution in [3.05, 3.63) is 65.2 Å². The van der Waals surface area contributed by atoms with Crippen LogP contribution in [0.4, 0.5) is 14.5 Å². The Kier molecular flexibility index (Phi) is 7.35. The maximum absolute atomic E-state index is 13.5. The van der Waals surface area contributed by atoms with Gasteiger partial charge in [-0.1, -0.05) is 31.2 Å². The molecule has 0 spiro atoms. The normalized spacial score (nSPS) is 19.8. The fourth-order valence-corrected chi connectivity index (χ4v) is 4.45. The first kappa shape index (κ1) is 23.3. The molecule has 2 heterocycles. The van der Waals surface area contributed by atoms with Crippen molar-refractivity contribution in [2.75, 3.05) is 44.2 Å². The van der Waals surface area contributed by atoms with Gasteiger partial charge in [-0.2, -0.15) is 0 Å². The van der Waals surface area contributed by atoms with Crippen molar-refractivity contribution in [2.24, 2.45) is 5.92 Å². The van der Waals surface area contributed by atoms with Crippen molar-refractivity contribution in [1.82, 2.24) is 15.1 Å². The largest absolute Gasteiger partial charge is 0.352 e. The molecule has 0 bridgehead atoms. The topological polar surface area (TPSA) is 55.9 Å². The Bertz CT molecular complexity index is 970. The summed E-state index contributed by atoms with van der Waals surface area (Å²) in [6.07, 6.45) is 0.0220. The monoisotopic (exact) mass is 456 g/mol. The smallest absolute Gasteiger partial charge is 0.227 e. The molecule has 0 saturated carbocycles. The van der Waals surface area contributed by atoms with E-state index in [0.29, 0.717) is 6.54 Å². The molecule has 176 valence electrons. The zero-order valence-corrected chi connectivity index (χ0v) is 18.9. The van der Waals surface area contributed by atoms with Gasteiger partial charge >= 0.3 is 0 Å². The SMILES string of the molecule is CCN1CCN(Cc2ccc(CNC(=O)C3CC(=O)N(c4cc(F)cc(F)c4)C3)cc2)CC1. The van der Waals surface area contributed by atoms with Crippen molar-refractivity contribution in [2.45, 2.75) is 26.4 Å². The predicted octanol–water partition coefficient (Wildman–Crippen LogP) is 2.77. The molecule has 2 aliphatic rings. The molecule has 0 radical (unpaired) electrons. The molecule has 2 amide bonds. The Morgan fingerprint density at radius 3 is 2.21 bits per heavy atom. The summed E-state index contributed by atoms with van der Waals surface area (Å²) in [7, 11) is 0. The number of carbonyl (C=O) groups is 2. The second-order valence-corrected chi connectivity index (χ2v) is 8.78. The molecule has 1 atom stereocenters. The maximum atomic E-state index is 13.5. The van der Waals surface area contributed by atoms with Gasteiger partial charge < -0.3 is 15.1 Å². The van der Waals surface area contributed by atoms with Gasteiger partial charge in [0.1, 0.15) is 11.6 Å². The molecule has 1 N–H and O–H groups in total. The van der Waals surface area contributed by atoms with E-state index in [-0.39, 0.29) is 30.5 Å². The summed E-state index contributed by atoms with van der Waals surface area (Å²) in [5.41, 5.74) is 2.37. The predicted molar refractivity (Wildman–Crippen MR) is 122 cm³/mol. The van der Waals surface area contributed by atoms with E-state index in [9.17, 15) is 18.4 Å². The summed E-state index contributed by atoms with van der Waals surface area (Å²) in [5.74, 6) is -2.61. The lowest BCUT2D eigenvalue weighted by atomic mass is 10.1. The highest BCUT2D eigenvalue weighted by molar-refractivity contribution is 6.00. The Labute approximate surface area is 193 Å². The number of piperazine rings is 1. The van der Waals surface area contributed by atoms with Gasteiger partial charge in [0, 0.05) is 64.0 Å². The standard InChI is InChI=1S/C25H30F2N4O2/c1-2-29-7-9-30(10-8-29)16-19-5-3-18(4-6-19)15-28-25(33)20-11-24(32)31(17-20)23-13-21(26)12-22(27)14-23/h3-6,12-14,20H,2,7-11,15-17H2,1H3,(H,28,33). The zero-order valence-electron chi connectivity index (χ0n) is 18.9. The Balaban J connectivity index is 1.26. The first-order valence-electron chi connectivity index (χ1n) is 11.5. The molecule has 6 nitrogen and oxygen atoms in total. The van der Waals surface area contributed by atoms with Crippen LogP contribution >= 0.6 is 0 Å². The number of likely N-dealkylation sites (N-methyl/N-ethyl adjacent to an activating group) is 1. The molecular weight excluding hydrogens is 426 g/mol. The summed E-state index contributed by atoms with van der Waals surface area (Å²) < 4.78 is 27.0. The van der Waals surface area contributed by atoms with E-state index in [2.05, 4.69) is 34.2 Å². The second kappa shape index (κ2) is 10.4. The molecule has 0 aromatic heterocycles. The van der Waals surface area contributed by atoms with Crippen LogP contribution in [0, 0.1) is 17.6 Å². The first-order valence-corrected chi connectivity index (χ1v) is 11.5. The minimum Gasteiger partial charge on any atom is -0.352 e. The minimum atomic E-state index is -0.752. The van der Waals surface area contributed by atoms with Crippen molar-refractivity contribution in [1.29, 1.82) is 0 Å². The first-order chi connectivity index (χ1) is 15.9. The number of amides is 2. The van der Waals surface area contributed by atoms with Gasteiger partial charge in [-0.15, -0.1) is 0 Å². The van der Waals surface area contributed by atoms with Crippen molar-refractivity contribution < 1.29 is 18.4 Å². The number of nitrogens with zero attached hydrogens (tertiary/aromatic N) is 3. The van der Waals surface area contributed by atoms with Gasteiger partial charge in [-0.05, 0) is 29.8 Å². The van der Waals surface area contributed by atoms with Crippen LogP contribution < -0.4 is 10.2 Å². The lowest BCUT2D eigenvalue weighted by Crippen LogP contribution is -2.45. The van der Waals surface area contributed by atoms with E-state index in [4.69, 9.17) is 0 Å². The quantitative estimate of drug-likeness (QED) is 0.696. The number of rotatable bonds is 7. The van der Waals surface area contributed by atoms with Crippen LogP contribution in [0.5, 0.6) is 0 Å². The van der Waals surface area contributed by atoms with E-state index in [1.165, 1.54) is 10.5 Å². The summed E-state index contributed by atoms with van der Waals surface area (Å²) in [6.45, 7) is 9.06. The summed E-state index contributed by atoms with van der Waals surface area (Å²) in [4.78, 5) is 31.1. The highest BCUT2D eigenvalue weighted by Gasteiger charge is 2.35. The number of anilines is 1. The maximum Gasteiger partial charge on any atom is 0.227 e. The molecule has 33 heavy (non-hydrogen) atoms. The van der Waals surface area contributed by atoms with Gasteiger partial charge in [-0.25, -0.2) is 8.78 Å². The Morgan fingerprint density at radius 2 is 1.58 bits per heavy atom. The molecule has 2 fully saturated rings. The third kappa shape index (κ3) is 5.94. The van der Waals surface area contributed by atoms with E-state index in [1.54, 1.807) is 0 Å². The van der Waals surface area contributed by atoms with Crippen LogP contribution in [-0.4, -0.2) is 60.9 Å². The third-order valence-corrected chi connectivity index (χ3v) is 6.46. The van der Waals surface area contributed by atoms with Gasteiger partial charge in [0.15, 0.2) is 0 Å². The molecule has 0 aliphatic carbocycles. The lowest BCUT2D eigenvalue weighted by Gasteiger charge is -2.34.